The summed E-state index contributed by atoms with van der Waals surface area (Å²) in [6.45, 7) is 36.7. The van der Waals surface area contributed by atoms with E-state index in [9.17, 15) is 9.90 Å². The Morgan fingerprint density at radius 1 is 0.759 bits per heavy atom. The fourth-order valence-electron chi connectivity index (χ4n) is 5.66. The number of aliphatic hydroxyl groups is 2. The van der Waals surface area contributed by atoms with Crippen LogP contribution < -0.4 is 22.1 Å². The molecule has 0 saturated heterocycles. The number of ether oxygens (including phenoxy) is 4. The average molecular weight is 833 g/mol. The first-order valence-electron chi connectivity index (χ1n) is 22.2. The van der Waals surface area contributed by atoms with E-state index in [1.165, 1.54) is 0 Å². The number of nitrogens with one attached hydrogen (secondary N) is 2. The van der Waals surface area contributed by atoms with Crippen LogP contribution in [-0.2, 0) is 23.7 Å². The molecule has 348 valence electrons. The Kier molecular flexibility index (Phi) is 33.9. The summed E-state index contributed by atoms with van der Waals surface area (Å²) in [5, 5.41) is 33.9. The van der Waals surface area contributed by atoms with Gasteiger partial charge in [0, 0.05) is 49.3 Å². The second-order valence-corrected chi connectivity index (χ2v) is 18.3. The second-order valence-electron chi connectivity index (χ2n) is 18.3. The third-order valence-corrected chi connectivity index (χ3v) is 11.5. The van der Waals surface area contributed by atoms with Gasteiger partial charge in [0.05, 0.1) is 68.8 Å². The highest BCUT2D eigenvalue weighted by atomic mass is 16.5. The Morgan fingerprint density at radius 2 is 1.31 bits per heavy atom. The Balaban J connectivity index is -0.000001000. The molecule has 0 saturated carbocycles. The van der Waals surface area contributed by atoms with Crippen molar-refractivity contribution in [2.75, 3.05) is 65.9 Å². The summed E-state index contributed by atoms with van der Waals surface area (Å²) in [5.41, 5.74) is 12.7. The molecule has 0 radical (unpaired) electrons. The molecule has 0 heterocycles. The van der Waals surface area contributed by atoms with E-state index in [0.29, 0.717) is 82.3 Å². The van der Waals surface area contributed by atoms with E-state index in [0.717, 1.165) is 45.1 Å². The van der Waals surface area contributed by atoms with Crippen molar-refractivity contribution in [3.8, 4) is 0 Å². The third-order valence-electron chi connectivity index (χ3n) is 11.5. The number of unbranched alkanes of at least 4 members (excludes halogenated alkanes) is 2. The fourth-order valence-corrected chi connectivity index (χ4v) is 5.66. The predicted molar refractivity (Wildman–Crippen MR) is 242 cm³/mol. The number of rotatable bonds is 33. The van der Waals surface area contributed by atoms with Gasteiger partial charge in [-0.2, -0.15) is 0 Å². The van der Waals surface area contributed by atoms with Gasteiger partial charge in [-0.25, -0.2) is 0 Å². The zero-order valence-electron chi connectivity index (χ0n) is 40.3. The van der Waals surface area contributed by atoms with E-state index in [1.807, 2.05) is 27.7 Å². The minimum Gasteiger partial charge on any atom is -0.481 e. The quantitative estimate of drug-likeness (QED) is 0.0314. The Labute approximate surface area is 357 Å². The van der Waals surface area contributed by atoms with Crippen molar-refractivity contribution in [3.05, 3.63) is 23.8 Å². The van der Waals surface area contributed by atoms with Crippen molar-refractivity contribution in [2.24, 2.45) is 39.5 Å². The first-order chi connectivity index (χ1) is 27.0. The summed E-state index contributed by atoms with van der Waals surface area (Å²) < 4.78 is 23.6. The molecule has 58 heavy (non-hydrogen) atoms. The largest absolute Gasteiger partial charge is 0.481 e. The van der Waals surface area contributed by atoms with E-state index in [1.54, 1.807) is 12.4 Å². The molecule has 0 spiro atoms. The molecule has 3 unspecified atom stereocenters. The normalized spacial score (nSPS) is 15.3. The fraction of sp³-hybridized carbons (Fsp3) is 0.891. The van der Waals surface area contributed by atoms with Crippen molar-refractivity contribution >= 4 is 5.97 Å². The minimum absolute atomic E-state index is 0.0357. The van der Waals surface area contributed by atoms with Gasteiger partial charge in [0.1, 0.15) is 0 Å². The van der Waals surface area contributed by atoms with Gasteiger partial charge in [-0.15, -0.1) is 0 Å². The molecule has 0 aromatic carbocycles. The van der Waals surface area contributed by atoms with Crippen LogP contribution in [-0.4, -0.2) is 98.4 Å². The summed E-state index contributed by atoms with van der Waals surface area (Å²) >= 11 is 0. The van der Waals surface area contributed by atoms with Crippen LogP contribution >= 0.6 is 0 Å². The third kappa shape index (κ3) is 30.0. The van der Waals surface area contributed by atoms with Crippen molar-refractivity contribution in [3.63, 3.8) is 0 Å². The number of carboxylic acid groups (broad SMARTS) is 1. The minimum atomic E-state index is -0.743. The van der Waals surface area contributed by atoms with Crippen LogP contribution in [0.3, 0.4) is 0 Å². The van der Waals surface area contributed by atoms with Gasteiger partial charge >= 0.3 is 5.97 Å². The van der Waals surface area contributed by atoms with E-state index in [4.69, 9.17) is 40.6 Å². The van der Waals surface area contributed by atoms with E-state index in [-0.39, 0.29) is 47.1 Å². The molecule has 0 aromatic heterocycles. The van der Waals surface area contributed by atoms with Gasteiger partial charge in [0.2, 0.25) is 0 Å². The van der Waals surface area contributed by atoms with Crippen molar-refractivity contribution in [1.29, 1.82) is 0 Å². The number of aliphatic hydroxyl groups excluding tert-OH is 2. The highest BCUT2D eigenvalue weighted by molar-refractivity contribution is 5.66. The number of nitrogens with two attached hydrogens (primary N) is 2. The molecule has 12 heteroatoms. The molecule has 9 N–H and O–H groups in total. The van der Waals surface area contributed by atoms with Crippen LogP contribution in [0, 0.1) is 28.1 Å². The van der Waals surface area contributed by atoms with Crippen LogP contribution in [0.4, 0.5) is 0 Å². The molecule has 0 rings (SSSR count). The number of carboxylic acids is 1. The van der Waals surface area contributed by atoms with Crippen molar-refractivity contribution in [1.82, 2.24) is 10.6 Å². The highest BCUT2D eigenvalue weighted by Gasteiger charge is 2.37. The topological polar surface area (TPSA) is 191 Å². The van der Waals surface area contributed by atoms with E-state index < -0.39 is 5.97 Å². The molecule has 0 aliphatic carbocycles. The molecule has 0 aliphatic rings. The molecular weight excluding hydrogens is 737 g/mol. The summed E-state index contributed by atoms with van der Waals surface area (Å²) in [4.78, 5) is 10.4. The number of carbonyl (C=O) groups is 1. The number of hydrogen-bond donors (Lipinski definition) is 7. The predicted octanol–water partition coefficient (Wildman–Crippen LogP) is 8.35. The van der Waals surface area contributed by atoms with Crippen LogP contribution in [0.25, 0.3) is 0 Å². The summed E-state index contributed by atoms with van der Waals surface area (Å²) in [6, 6.07) is 0. The van der Waals surface area contributed by atoms with Crippen molar-refractivity contribution in [2.45, 2.75) is 173 Å². The maximum atomic E-state index is 10.4. The Bertz CT molecular complexity index is 1080. The average Bonchev–Trinajstić information content (AvgIpc) is 3.16. The molecule has 3 atom stereocenters. The zero-order valence-corrected chi connectivity index (χ0v) is 40.3. The summed E-state index contributed by atoms with van der Waals surface area (Å²) in [6.07, 6.45) is 10.7. The van der Waals surface area contributed by atoms with E-state index >= 15 is 0 Å². The Hall–Kier alpha value is -2.09. The molecule has 0 aromatic rings. The molecule has 12 nitrogen and oxygen atoms in total. The number of hydrogen-bond acceptors (Lipinski definition) is 11. The maximum Gasteiger partial charge on any atom is 0.303 e. The van der Waals surface area contributed by atoms with Crippen LogP contribution in [0.2, 0.25) is 0 Å². The van der Waals surface area contributed by atoms with Gasteiger partial charge in [-0.3, -0.25) is 4.79 Å². The molecule has 0 fully saturated rings. The van der Waals surface area contributed by atoms with Crippen LogP contribution in [0.1, 0.15) is 162 Å². The summed E-state index contributed by atoms with van der Waals surface area (Å²) in [5.74, 6) is 0.292. The van der Waals surface area contributed by atoms with Crippen molar-refractivity contribution < 1.29 is 39.1 Å². The smallest absolute Gasteiger partial charge is 0.303 e. The van der Waals surface area contributed by atoms with Gasteiger partial charge in [-0.05, 0) is 83.5 Å². The lowest BCUT2D eigenvalue weighted by molar-refractivity contribution is -0.137. The van der Waals surface area contributed by atoms with Crippen LogP contribution in [0.5, 0.6) is 0 Å². The van der Waals surface area contributed by atoms with Gasteiger partial charge < -0.3 is 56.4 Å². The lowest BCUT2D eigenvalue weighted by Gasteiger charge is -2.41. The standard InChI is InChI=1S/C22H46N2O4.C22H44N2O4.C2H6/c1-9-22(8,17-28-21(6,7)18(2)3)16-26-15-19(23)14-24-11-13-27-20(4,5)10-12-25;1-6-18(3)21(4,5)15-22(7-2,16-25)17-28-14-19(23)13-24-12-10-8-9-11-20(26)27;1-2/h14,18,24-25H,9-13,15-17,23H2,1-8H3;13,18,24-25H,6-12,14-17,23H2,1-5H3,(H,26,27);1-2H3/b19-14-;19-13-;. The lowest BCUT2D eigenvalue weighted by atomic mass is 9.66. The van der Waals surface area contributed by atoms with Crippen LogP contribution in [0.15, 0.2) is 23.8 Å². The molecule has 0 bridgehead atoms. The van der Waals surface area contributed by atoms with Gasteiger partial charge in [-0.1, -0.05) is 89.0 Å². The highest BCUT2D eigenvalue weighted by Crippen LogP contribution is 2.42. The maximum absolute atomic E-state index is 10.4. The monoisotopic (exact) mass is 833 g/mol. The molecular formula is C46H96N4O8. The Morgan fingerprint density at radius 3 is 1.78 bits per heavy atom. The zero-order chi connectivity index (χ0) is 45.5. The van der Waals surface area contributed by atoms with Gasteiger partial charge in [0.25, 0.3) is 0 Å². The second kappa shape index (κ2) is 32.7. The first kappa shape index (κ1) is 60.2. The summed E-state index contributed by atoms with van der Waals surface area (Å²) in [7, 11) is 0. The lowest BCUT2D eigenvalue weighted by Crippen LogP contribution is -2.38. The SMILES string of the molecule is CC.CCC(C)(COC/C(N)=C/NCCOC(C)(C)CCO)COC(C)(C)C(C)C.CCC(C)C(C)(C)CC(CC)(CO)COC/C(N)=C/NCCCCCC(=O)O. The first-order valence-corrected chi connectivity index (χ1v) is 22.2. The van der Waals surface area contributed by atoms with Gasteiger partial charge in [0.15, 0.2) is 0 Å². The van der Waals surface area contributed by atoms with E-state index in [2.05, 4.69) is 86.8 Å². The molecule has 0 aliphatic heterocycles. The molecule has 0 amide bonds. The number of aliphatic carboxylic acids is 1.